The molecule has 1 aromatic rings. The van der Waals surface area contributed by atoms with E-state index in [4.69, 9.17) is 10.2 Å². The highest BCUT2D eigenvalue weighted by atomic mass is 16.3. The van der Waals surface area contributed by atoms with Gasteiger partial charge in [0.05, 0.1) is 6.04 Å². The number of oxazole rings is 1. The van der Waals surface area contributed by atoms with Gasteiger partial charge in [0.1, 0.15) is 6.26 Å². The third-order valence-electron chi connectivity index (χ3n) is 1.81. The molecule has 0 aliphatic heterocycles. The molecule has 1 unspecified atom stereocenters. The van der Waals surface area contributed by atoms with E-state index in [1.807, 2.05) is 13.8 Å². The lowest BCUT2D eigenvalue weighted by Crippen LogP contribution is -2.27. The van der Waals surface area contributed by atoms with Crippen LogP contribution in [0.5, 0.6) is 0 Å². The summed E-state index contributed by atoms with van der Waals surface area (Å²) in [5.41, 5.74) is 5.84. The lowest BCUT2D eigenvalue weighted by molar-refractivity contribution is 0.0944. The number of rotatable bonds is 4. The van der Waals surface area contributed by atoms with Crippen molar-refractivity contribution >= 4 is 5.91 Å². The van der Waals surface area contributed by atoms with E-state index in [2.05, 4.69) is 10.3 Å². The maximum atomic E-state index is 11.5. The van der Waals surface area contributed by atoms with Gasteiger partial charge in [-0.05, 0) is 12.8 Å². The van der Waals surface area contributed by atoms with Crippen LogP contribution in [0.2, 0.25) is 0 Å². The molecule has 5 nitrogen and oxygen atoms in total. The lowest BCUT2D eigenvalue weighted by Gasteiger charge is -2.04. The predicted molar refractivity (Wildman–Crippen MR) is 56.3 cm³/mol. The molecular formula is C10H17N3O2. The van der Waals surface area contributed by atoms with Crippen molar-refractivity contribution in [3.63, 3.8) is 0 Å². The lowest BCUT2D eigenvalue weighted by atomic mass is 10.2. The van der Waals surface area contributed by atoms with Crippen molar-refractivity contribution in [1.29, 1.82) is 0 Å². The molecule has 0 spiro atoms. The first kappa shape index (κ1) is 11.7. The number of carbonyl (C=O) groups is 1. The number of hydrogen-bond acceptors (Lipinski definition) is 4. The summed E-state index contributed by atoms with van der Waals surface area (Å²) in [5.74, 6) is 0.567. The third kappa shape index (κ3) is 3.36. The van der Waals surface area contributed by atoms with E-state index in [-0.39, 0.29) is 17.6 Å². The van der Waals surface area contributed by atoms with Gasteiger partial charge in [0.2, 0.25) is 5.89 Å². The predicted octanol–water partition coefficient (Wildman–Crippen LogP) is 1.08. The first-order valence-corrected chi connectivity index (χ1v) is 5.00. The molecule has 0 bridgehead atoms. The number of carbonyl (C=O) groups excluding carboxylic acids is 1. The quantitative estimate of drug-likeness (QED) is 0.780. The van der Waals surface area contributed by atoms with Crippen molar-refractivity contribution in [2.24, 2.45) is 11.7 Å². The van der Waals surface area contributed by atoms with Crippen LogP contribution in [0.1, 0.15) is 43.2 Å². The van der Waals surface area contributed by atoms with Gasteiger partial charge >= 0.3 is 0 Å². The van der Waals surface area contributed by atoms with Crippen LogP contribution < -0.4 is 11.1 Å². The Morgan fingerprint density at radius 3 is 2.73 bits per heavy atom. The Hall–Kier alpha value is -1.36. The zero-order chi connectivity index (χ0) is 11.4. The monoisotopic (exact) mass is 211 g/mol. The molecule has 84 valence electrons. The van der Waals surface area contributed by atoms with E-state index < -0.39 is 0 Å². The molecule has 1 heterocycles. The number of amides is 1. The largest absolute Gasteiger partial charge is 0.446 e. The molecule has 1 aromatic heterocycles. The van der Waals surface area contributed by atoms with E-state index in [0.717, 1.165) is 0 Å². The van der Waals surface area contributed by atoms with Crippen LogP contribution in [0.15, 0.2) is 10.7 Å². The number of hydrogen-bond donors (Lipinski definition) is 2. The van der Waals surface area contributed by atoms with Crippen molar-refractivity contribution in [1.82, 2.24) is 10.3 Å². The zero-order valence-corrected chi connectivity index (χ0v) is 9.28. The Bertz CT molecular complexity index is 331. The molecule has 0 saturated carbocycles. The van der Waals surface area contributed by atoms with E-state index in [9.17, 15) is 4.79 Å². The van der Waals surface area contributed by atoms with Crippen molar-refractivity contribution in [2.45, 2.75) is 26.8 Å². The Morgan fingerprint density at radius 2 is 2.27 bits per heavy atom. The van der Waals surface area contributed by atoms with Crippen LogP contribution in [-0.4, -0.2) is 17.4 Å². The van der Waals surface area contributed by atoms with Crippen LogP contribution in [0, 0.1) is 5.92 Å². The van der Waals surface area contributed by atoms with Gasteiger partial charge in [0, 0.05) is 6.54 Å². The van der Waals surface area contributed by atoms with E-state index >= 15 is 0 Å². The second-order valence-electron chi connectivity index (χ2n) is 3.96. The Labute approximate surface area is 89.1 Å². The summed E-state index contributed by atoms with van der Waals surface area (Å²) in [4.78, 5) is 15.5. The van der Waals surface area contributed by atoms with Crippen molar-refractivity contribution < 1.29 is 9.21 Å². The van der Waals surface area contributed by atoms with E-state index in [0.29, 0.717) is 18.4 Å². The average Bonchev–Trinajstić information content (AvgIpc) is 2.62. The highest BCUT2D eigenvalue weighted by Gasteiger charge is 2.13. The Balaban J connectivity index is 2.58. The molecular weight excluding hydrogens is 194 g/mol. The Morgan fingerprint density at radius 1 is 1.60 bits per heavy atom. The Kier molecular flexibility index (Phi) is 3.85. The second kappa shape index (κ2) is 4.93. The highest BCUT2D eigenvalue weighted by molar-refractivity contribution is 5.91. The number of nitrogens with two attached hydrogens (primary N) is 1. The molecule has 0 aliphatic rings. The molecule has 0 aromatic carbocycles. The minimum Gasteiger partial charge on any atom is -0.446 e. The van der Waals surface area contributed by atoms with Gasteiger partial charge in [0.15, 0.2) is 5.69 Å². The van der Waals surface area contributed by atoms with E-state index in [1.54, 1.807) is 6.92 Å². The fraction of sp³-hybridized carbons (Fsp3) is 0.600. The summed E-state index contributed by atoms with van der Waals surface area (Å²) >= 11 is 0. The molecule has 3 N–H and O–H groups in total. The number of nitrogens with one attached hydrogen (secondary N) is 1. The average molecular weight is 211 g/mol. The van der Waals surface area contributed by atoms with E-state index in [1.165, 1.54) is 6.26 Å². The minimum atomic E-state index is -0.295. The molecule has 0 fully saturated rings. The van der Waals surface area contributed by atoms with Gasteiger partial charge in [-0.3, -0.25) is 4.79 Å². The molecule has 15 heavy (non-hydrogen) atoms. The van der Waals surface area contributed by atoms with Gasteiger partial charge in [0.25, 0.3) is 5.91 Å². The normalized spacial score (nSPS) is 12.9. The molecule has 0 saturated heterocycles. The molecule has 1 amide bonds. The minimum absolute atomic E-state index is 0.223. The maximum Gasteiger partial charge on any atom is 0.273 e. The number of aromatic nitrogens is 1. The molecule has 1 atom stereocenters. The fourth-order valence-electron chi connectivity index (χ4n) is 0.988. The zero-order valence-electron chi connectivity index (χ0n) is 9.28. The highest BCUT2D eigenvalue weighted by Crippen LogP contribution is 2.08. The first-order chi connectivity index (χ1) is 7.00. The first-order valence-electron chi connectivity index (χ1n) is 5.00. The van der Waals surface area contributed by atoms with Crippen LogP contribution in [-0.2, 0) is 0 Å². The van der Waals surface area contributed by atoms with Crippen LogP contribution >= 0.6 is 0 Å². The maximum absolute atomic E-state index is 11.5. The third-order valence-corrected chi connectivity index (χ3v) is 1.81. The summed E-state index contributed by atoms with van der Waals surface area (Å²) in [6.07, 6.45) is 1.33. The van der Waals surface area contributed by atoms with Crippen LogP contribution in [0.4, 0.5) is 0 Å². The topological polar surface area (TPSA) is 81.2 Å². The SMILES string of the molecule is CC(C)CNC(=O)c1coc(C(C)N)n1. The smallest absolute Gasteiger partial charge is 0.273 e. The summed E-state index contributed by atoms with van der Waals surface area (Å²) in [5, 5.41) is 2.75. The number of nitrogens with zero attached hydrogens (tertiary/aromatic N) is 1. The standard InChI is InChI=1S/C10H17N3O2/c1-6(2)4-12-9(14)8-5-15-10(13-8)7(3)11/h5-7H,4,11H2,1-3H3,(H,12,14). The fourth-order valence-corrected chi connectivity index (χ4v) is 0.988. The van der Waals surface area contributed by atoms with Crippen LogP contribution in [0.25, 0.3) is 0 Å². The molecule has 5 heteroatoms. The summed E-state index contributed by atoms with van der Waals surface area (Å²) in [6, 6.07) is -0.295. The summed E-state index contributed by atoms with van der Waals surface area (Å²) in [6.45, 7) is 6.42. The molecule has 0 aliphatic carbocycles. The van der Waals surface area contributed by atoms with Crippen molar-refractivity contribution in [3.05, 3.63) is 17.8 Å². The van der Waals surface area contributed by atoms with Gasteiger partial charge in [-0.25, -0.2) is 4.98 Å². The van der Waals surface area contributed by atoms with Gasteiger partial charge < -0.3 is 15.5 Å². The molecule has 1 rings (SSSR count). The van der Waals surface area contributed by atoms with Gasteiger partial charge in [-0.15, -0.1) is 0 Å². The summed E-state index contributed by atoms with van der Waals surface area (Å²) < 4.78 is 5.06. The van der Waals surface area contributed by atoms with Crippen molar-refractivity contribution in [3.8, 4) is 0 Å². The van der Waals surface area contributed by atoms with Crippen LogP contribution in [0.3, 0.4) is 0 Å². The van der Waals surface area contributed by atoms with Gasteiger partial charge in [-0.1, -0.05) is 13.8 Å². The second-order valence-corrected chi connectivity index (χ2v) is 3.96. The van der Waals surface area contributed by atoms with Gasteiger partial charge in [-0.2, -0.15) is 0 Å². The molecule has 0 radical (unpaired) electrons. The summed E-state index contributed by atoms with van der Waals surface area (Å²) in [7, 11) is 0. The van der Waals surface area contributed by atoms with Crippen molar-refractivity contribution in [2.75, 3.05) is 6.54 Å².